The molecule has 0 N–H and O–H groups in total. The lowest BCUT2D eigenvalue weighted by Crippen LogP contribution is -1.92. The molecule has 0 aromatic heterocycles. The van der Waals surface area contributed by atoms with Gasteiger partial charge in [0.2, 0.25) is 0 Å². The van der Waals surface area contributed by atoms with Gasteiger partial charge in [0.05, 0.1) is 10.5 Å². The Bertz CT molecular complexity index is 480. The second kappa shape index (κ2) is 5.47. The number of halogens is 1. The fourth-order valence-electron chi connectivity index (χ4n) is 1.09. The lowest BCUT2D eigenvalue weighted by atomic mass is 10.1. The molecule has 1 aromatic rings. The average Bonchev–Trinajstić information content (AvgIpc) is 2.24. The van der Waals surface area contributed by atoms with Gasteiger partial charge in [-0.05, 0) is 17.7 Å². The molecule has 1 aromatic carbocycles. The summed E-state index contributed by atoms with van der Waals surface area (Å²) in [5.74, 6) is -0.561. The summed E-state index contributed by atoms with van der Waals surface area (Å²) in [6, 6.07) is 3.15. The maximum absolute atomic E-state index is 12.8. The second-order valence-corrected chi connectivity index (χ2v) is 2.78. The van der Waals surface area contributed by atoms with E-state index in [1.54, 1.807) is 0 Å². The monoisotopic (exact) mass is 222 g/mol. The van der Waals surface area contributed by atoms with Crippen molar-refractivity contribution in [2.45, 2.75) is 0 Å². The normalized spacial score (nSPS) is 10.1. The quantitative estimate of drug-likeness (QED) is 0.257. The van der Waals surface area contributed by atoms with Crippen LogP contribution in [0.15, 0.2) is 29.4 Å². The highest BCUT2D eigenvalue weighted by Gasteiger charge is 2.11. The molecule has 0 aliphatic heterocycles. The first-order chi connectivity index (χ1) is 7.65. The number of hydrogen-bond acceptors (Lipinski definition) is 3. The van der Waals surface area contributed by atoms with Crippen molar-refractivity contribution in [3.05, 3.63) is 56.2 Å². The third kappa shape index (κ3) is 3.07. The number of azide groups is 1. The summed E-state index contributed by atoms with van der Waals surface area (Å²) in [5, 5.41) is 13.8. The first kappa shape index (κ1) is 11.7. The minimum Gasteiger partial charge on any atom is -0.258 e. The summed E-state index contributed by atoms with van der Waals surface area (Å²) < 4.78 is 12.8. The lowest BCUT2D eigenvalue weighted by Gasteiger charge is -1.97. The molecule has 0 atom stereocenters. The first-order valence-corrected chi connectivity index (χ1v) is 4.26. The Morgan fingerprint density at radius 1 is 1.62 bits per heavy atom. The van der Waals surface area contributed by atoms with Crippen LogP contribution in [0, 0.1) is 15.9 Å². The minimum atomic E-state index is -0.604. The molecule has 0 saturated heterocycles. The molecule has 0 saturated carbocycles. The standard InChI is InChI=1S/C9H7FN4O2/c10-8-3-4-9(14(15)16)7(6-8)2-1-5-12-13-11/h1-4,6H,5H2. The topological polar surface area (TPSA) is 91.9 Å². The van der Waals surface area contributed by atoms with Crippen LogP contribution in [0.2, 0.25) is 0 Å². The van der Waals surface area contributed by atoms with E-state index in [4.69, 9.17) is 5.53 Å². The Balaban J connectivity index is 3.00. The number of hydrogen-bond donors (Lipinski definition) is 0. The molecule has 1 rings (SSSR count). The molecular weight excluding hydrogens is 215 g/mol. The van der Waals surface area contributed by atoms with Crippen LogP contribution in [0.1, 0.15) is 5.56 Å². The maximum atomic E-state index is 12.8. The van der Waals surface area contributed by atoms with Crippen molar-refractivity contribution >= 4 is 11.8 Å². The van der Waals surface area contributed by atoms with Gasteiger partial charge in [0.25, 0.3) is 5.69 Å². The zero-order chi connectivity index (χ0) is 12.0. The number of nitro benzene ring substituents is 1. The molecule has 0 radical (unpaired) electrons. The van der Waals surface area contributed by atoms with Gasteiger partial charge in [-0.15, -0.1) is 0 Å². The fourth-order valence-corrected chi connectivity index (χ4v) is 1.09. The van der Waals surface area contributed by atoms with Gasteiger partial charge in [-0.25, -0.2) is 4.39 Å². The fraction of sp³-hybridized carbons (Fsp3) is 0.111. The summed E-state index contributed by atoms with van der Waals surface area (Å²) in [7, 11) is 0. The Kier molecular flexibility index (Phi) is 3.99. The van der Waals surface area contributed by atoms with Gasteiger partial charge in [0.1, 0.15) is 5.82 Å². The zero-order valence-corrected chi connectivity index (χ0v) is 8.08. The van der Waals surface area contributed by atoms with E-state index in [-0.39, 0.29) is 17.8 Å². The lowest BCUT2D eigenvalue weighted by molar-refractivity contribution is -0.385. The van der Waals surface area contributed by atoms with Crippen molar-refractivity contribution in [1.82, 2.24) is 0 Å². The second-order valence-electron chi connectivity index (χ2n) is 2.78. The summed E-state index contributed by atoms with van der Waals surface area (Å²) in [4.78, 5) is 12.5. The van der Waals surface area contributed by atoms with Crippen LogP contribution >= 0.6 is 0 Å². The Labute approximate surface area is 89.8 Å². The van der Waals surface area contributed by atoms with Crippen LogP contribution in [0.5, 0.6) is 0 Å². The Hall–Kier alpha value is -2.40. The zero-order valence-electron chi connectivity index (χ0n) is 8.08. The third-order valence-corrected chi connectivity index (χ3v) is 1.73. The van der Waals surface area contributed by atoms with Gasteiger partial charge in [0.15, 0.2) is 0 Å². The van der Waals surface area contributed by atoms with Crippen molar-refractivity contribution in [2.75, 3.05) is 6.54 Å². The van der Waals surface area contributed by atoms with Gasteiger partial charge >= 0.3 is 0 Å². The number of nitrogens with zero attached hydrogens (tertiary/aromatic N) is 4. The molecule has 0 fully saturated rings. The Morgan fingerprint density at radius 3 is 3.00 bits per heavy atom. The number of nitro groups is 1. The molecule has 0 bridgehead atoms. The van der Waals surface area contributed by atoms with Crippen LogP contribution < -0.4 is 0 Å². The highest BCUT2D eigenvalue weighted by Crippen LogP contribution is 2.20. The molecule has 0 amide bonds. The minimum absolute atomic E-state index is 0.0597. The molecule has 82 valence electrons. The van der Waals surface area contributed by atoms with Gasteiger partial charge in [-0.1, -0.05) is 17.3 Å². The van der Waals surface area contributed by atoms with Crippen LogP contribution in [0.4, 0.5) is 10.1 Å². The molecule has 0 heterocycles. The van der Waals surface area contributed by atoms with Crippen LogP contribution in [0.3, 0.4) is 0 Å². The molecule has 0 aliphatic carbocycles. The summed E-state index contributed by atoms with van der Waals surface area (Å²) >= 11 is 0. The molecule has 6 nitrogen and oxygen atoms in total. The summed E-state index contributed by atoms with van der Waals surface area (Å²) in [6.07, 6.45) is 2.76. The van der Waals surface area contributed by atoms with Crippen molar-refractivity contribution in [3.63, 3.8) is 0 Å². The predicted octanol–water partition coefficient (Wildman–Crippen LogP) is 3.06. The van der Waals surface area contributed by atoms with Crippen molar-refractivity contribution in [3.8, 4) is 0 Å². The highest BCUT2D eigenvalue weighted by atomic mass is 19.1. The van der Waals surface area contributed by atoms with Crippen molar-refractivity contribution in [1.29, 1.82) is 0 Å². The van der Waals surface area contributed by atoms with Crippen molar-refractivity contribution in [2.24, 2.45) is 5.11 Å². The third-order valence-electron chi connectivity index (χ3n) is 1.73. The number of rotatable bonds is 4. The van der Waals surface area contributed by atoms with E-state index < -0.39 is 10.7 Å². The molecule has 0 aliphatic rings. The van der Waals surface area contributed by atoms with E-state index in [2.05, 4.69) is 10.0 Å². The Morgan fingerprint density at radius 2 is 2.38 bits per heavy atom. The van der Waals surface area contributed by atoms with E-state index in [1.165, 1.54) is 12.2 Å². The number of benzene rings is 1. The molecule has 0 unspecified atom stereocenters. The average molecular weight is 222 g/mol. The van der Waals surface area contributed by atoms with Gasteiger partial charge in [-0.3, -0.25) is 10.1 Å². The van der Waals surface area contributed by atoms with Crippen LogP contribution in [-0.4, -0.2) is 11.5 Å². The van der Waals surface area contributed by atoms with Crippen molar-refractivity contribution < 1.29 is 9.31 Å². The molecule has 7 heteroatoms. The molecule has 16 heavy (non-hydrogen) atoms. The summed E-state index contributed by atoms with van der Waals surface area (Å²) in [6.45, 7) is 0.0597. The van der Waals surface area contributed by atoms with E-state index in [9.17, 15) is 14.5 Å². The first-order valence-electron chi connectivity index (χ1n) is 4.26. The molecular formula is C9H7FN4O2. The van der Waals surface area contributed by atoms with E-state index in [0.717, 1.165) is 18.2 Å². The SMILES string of the molecule is [N-]=[N+]=NCC=Cc1cc(F)ccc1[N+](=O)[O-]. The molecule has 0 spiro atoms. The van der Waals surface area contributed by atoms with Gasteiger partial charge in [0, 0.05) is 17.5 Å². The largest absolute Gasteiger partial charge is 0.276 e. The van der Waals surface area contributed by atoms with Crippen LogP contribution in [0.25, 0.3) is 16.5 Å². The summed E-state index contributed by atoms with van der Waals surface area (Å²) in [5.41, 5.74) is 7.95. The smallest absolute Gasteiger partial charge is 0.258 e. The van der Waals surface area contributed by atoms with E-state index in [1.807, 2.05) is 0 Å². The van der Waals surface area contributed by atoms with E-state index in [0.29, 0.717) is 0 Å². The highest BCUT2D eigenvalue weighted by molar-refractivity contribution is 5.60. The predicted molar refractivity (Wildman–Crippen MR) is 56.1 cm³/mol. The van der Waals surface area contributed by atoms with E-state index >= 15 is 0 Å². The van der Waals surface area contributed by atoms with Gasteiger partial charge < -0.3 is 0 Å². The van der Waals surface area contributed by atoms with Gasteiger partial charge in [-0.2, -0.15) is 0 Å². The maximum Gasteiger partial charge on any atom is 0.276 e. The van der Waals surface area contributed by atoms with Crippen LogP contribution in [-0.2, 0) is 0 Å².